The topological polar surface area (TPSA) is 68.3 Å². The quantitative estimate of drug-likeness (QED) is 0.529. The number of benzene rings is 1. The molecular weight excluding hydrogens is 256 g/mol. The maximum Gasteiger partial charge on any atom is 0.233 e. The molecule has 4 heteroatoms. The number of Topliss-reactive ketones (excluding diaryl/α,β-unsaturated/α-hetero) is 1. The van der Waals surface area contributed by atoms with E-state index < -0.39 is 11.6 Å². The molecule has 0 radical (unpaired) electrons. The maximum absolute atomic E-state index is 11.2. The van der Waals surface area contributed by atoms with Gasteiger partial charge < -0.3 is 0 Å². The van der Waals surface area contributed by atoms with Crippen molar-refractivity contribution >= 4 is 29.2 Å². The Bertz CT molecular complexity index is 652. The highest BCUT2D eigenvalue weighted by Gasteiger charge is 2.19. The molecule has 98 valence electrons. The van der Waals surface area contributed by atoms with Gasteiger partial charge in [-0.1, -0.05) is 30.3 Å². The van der Waals surface area contributed by atoms with Gasteiger partial charge in [0.15, 0.2) is 11.6 Å². The van der Waals surface area contributed by atoms with Gasteiger partial charge in [-0.15, -0.1) is 0 Å². The van der Waals surface area contributed by atoms with Crippen LogP contribution >= 0.6 is 0 Å². The van der Waals surface area contributed by atoms with Crippen molar-refractivity contribution in [3.8, 4) is 0 Å². The van der Waals surface area contributed by atoms with Gasteiger partial charge in [-0.25, -0.2) is 0 Å². The molecule has 0 aromatic heterocycles. The fraction of sp³-hybridized carbons (Fsp3) is 0. The van der Waals surface area contributed by atoms with Gasteiger partial charge in [-0.2, -0.15) is 0 Å². The fourth-order valence-electron chi connectivity index (χ4n) is 1.66. The maximum atomic E-state index is 11.2. The molecule has 0 saturated heterocycles. The van der Waals surface area contributed by atoms with Crippen molar-refractivity contribution in [1.29, 1.82) is 0 Å². The third-order valence-corrected chi connectivity index (χ3v) is 2.67. The monoisotopic (exact) mass is 266 g/mol. The number of fused-ring (bicyclic) bond motifs is 1. The minimum absolute atomic E-state index is 0.121. The van der Waals surface area contributed by atoms with Gasteiger partial charge in [0.1, 0.15) is 0 Å². The molecule has 0 aliphatic heterocycles. The van der Waals surface area contributed by atoms with Crippen LogP contribution in [0.2, 0.25) is 0 Å². The lowest BCUT2D eigenvalue weighted by molar-refractivity contribution is -0.113. The first-order chi connectivity index (χ1) is 9.58. The molecule has 2 aliphatic carbocycles. The fourth-order valence-corrected chi connectivity index (χ4v) is 1.66. The van der Waals surface area contributed by atoms with Crippen molar-refractivity contribution in [2.75, 3.05) is 0 Å². The van der Waals surface area contributed by atoms with E-state index in [1.54, 1.807) is 18.2 Å². The van der Waals surface area contributed by atoms with Crippen LogP contribution in [0, 0.1) is 0 Å². The van der Waals surface area contributed by atoms with E-state index in [2.05, 4.69) is 0 Å². The molecule has 1 aromatic carbocycles. The number of hydrogen-bond donors (Lipinski definition) is 0. The van der Waals surface area contributed by atoms with E-state index in [9.17, 15) is 19.2 Å². The summed E-state index contributed by atoms with van der Waals surface area (Å²) in [6.07, 6.45) is 7.99. The van der Waals surface area contributed by atoms with Gasteiger partial charge >= 0.3 is 0 Å². The Kier molecular flexibility index (Phi) is 3.96. The first-order valence-electron chi connectivity index (χ1n) is 5.88. The smallest absolute Gasteiger partial charge is 0.233 e. The second-order valence-corrected chi connectivity index (χ2v) is 4.09. The molecule has 3 rings (SSSR count). The summed E-state index contributed by atoms with van der Waals surface area (Å²) in [6, 6.07) is 7.07. The van der Waals surface area contributed by atoms with Gasteiger partial charge in [0, 0.05) is 5.56 Å². The summed E-state index contributed by atoms with van der Waals surface area (Å²) in [4.78, 5) is 42.7. The Balaban J connectivity index is 0.000000160. The van der Waals surface area contributed by atoms with Crippen LogP contribution in [0.5, 0.6) is 0 Å². The van der Waals surface area contributed by atoms with E-state index in [1.807, 2.05) is 12.1 Å². The summed E-state index contributed by atoms with van der Waals surface area (Å²) in [5, 5.41) is 0. The van der Waals surface area contributed by atoms with E-state index in [-0.39, 0.29) is 11.6 Å². The summed E-state index contributed by atoms with van der Waals surface area (Å²) in [5.41, 5.74) is 1.33. The molecule has 2 aliphatic rings. The predicted molar refractivity (Wildman–Crippen MR) is 73.1 cm³/mol. The van der Waals surface area contributed by atoms with E-state index in [0.29, 0.717) is 5.56 Å². The highest BCUT2D eigenvalue weighted by molar-refractivity contribution is 6.49. The molecule has 0 fully saturated rings. The van der Waals surface area contributed by atoms with Crippen LogP contribution in [0.4, 0.5) is 0 Å². The summed E-state index contributed by atoms with van der Waals surface area (Å²) in [5.74, 6) is -1.09. The Morgan fingerprint density at radius 3 is 1.75 bits per heavy atom. The second-order valence-electron chi connectivity index (χ2n) is 4.09. The molecule has 0 spiro atoms. The summed E-state index contributed by atoms with van der Waals surface area (Å²) in [6.45, 7) is 0. The predicted octanol–water partition coefficient (Wildman–Crippen LogP) is 1.72. The average molecular weight is 266 g/mol. The molecule has 0 N–H and O–H groups in total. The van der Waals surface area contributed by atoms with Crippen LogP contribution in [-0.2, 0) is 14.4 Å². The van der Waals surface area contributed by atoms with Crippen molar-refractivity contribution in [3.05, 3.63) is 65.8 Å². The Morgan fingerprint density at radius 1 is 0.600 bits per heavy atom. The molecule has 0 heterocycles. The minimum atomic E-state index is -0.436. The number of rotatable bonds is 0. The third-order valence-electron chi connectivity index (χ3n) is 2.67. The lowest BCUT2D eigenvalue weighted by Gasteiger charge is -2.06. The molecule has 20 heavy (non-hydrogen) atoms. The van der Waals surface area contributed by atoms with Crippen molar-refractivity contribution < 1.29 is 19.2 Å². The standard InChI is InChI=1S/C10H6O2.C6H4O2/c11-9-6-5-7-3-1-2-4-8(7)10(9)12;7-5-1-2-6(8)4-3-5/h1-6H;1-4H. The molecule has 0 unspecified atom stereocenters. The lowest BCUT2D eigenvalue weighted by Crippen LogP contribution is -2.15. The van der Waals surface area contributed by atoms with Crippen LogP contribution in [-0.4, -0.2) is 23.1 Å². The first-order valence-corrected chi connectivity index (χ1v) is 5.88. The number of ketones is 4. The van der Waals surface area contributed by atoms with Crippen molar-refractivity contribution in [3.63, 3.8) is 0 Å². The second kappa shape index (κ2) is 5.84. The largest absolute Gasteiger partial charge is 0.290 e. The summed E-state index contributed by atoms with van der Waals surface area (Å²) >= 11 is 0. The molecule has 0 atom stereocenters. The van der Waals surface area contributed by atoms with Gasteiger partial charge in [-0.3, -0.25) is 19.2 Å². The Morgan fingerprint density at radius 2 is 1.15 bits per heavy atom. The molecule has 0 saturated carbocycles. The summed E-state index contributed by atoms with van der Waals surface area (Å²) in [7, 11) is 0. The third kappa shape index (κ3) is 3.11. The number of hydrogen-bond acceptors (Lipinski definition) is 4. The van der Waals surface area contributed by atoms with Crippen LogP contribution in [0.1, 0.15) is 15.9 Å². The zero-order chi connectivity index (χ0) is 14.5. The van der Waals surface area contributed by atoms with Gasteiger partial charge in [0.05, 0.1) is 0 Å². The van der Waals surface area contributed by atoms with Crippen LogP contribution in [0.25, 0.3) is 6.08 Å². The normalized spacial score (nSPS) is 15.8. The highest BCUT2D eigenvalue weighted by atomic mass is 16.2. The number of allylic oxidation sites excluding steroid dienone is 5. The Hall–Kier alpha value is -2.88. The van der Waals surface area contributed by atoms with E-state index in [4.69, 9.17) is 0 Å². The van der Waals surface area contributed by atoms with Crippen LogP contribution in [0.15, 0.2) is 54.6 Å². The first kappa shape index (κ1) is 13.5. The molecule has 0 amide bonds. The summed E-state index contributed by atoms with van der Waals surface area (Å²) < 4.78 is 0. The van der Waals surface area contributed by atoms with Crippen molar-refractivity contribution in [1.82, 2.24) is 0 Å². The van der Waals surface area contributed by atoms with Gasteiger partial charge in [0.2, 0.25) is 11.6 Å². The number of carbonyl (C=O) groups excluding carboxylic acids is 4. The van der Waals surface area contributed by atoms with Gasteiger partial charge in [0.25, 0.3) is 0 Å². The highest BCUT2D eigenvalue weighted by Crippen LogP contribution is 2.16. The molecule has 0 bridgehead atoms. The molecule has 4 nitrogen and oxygen atoms in total. The number of carbonyl (C=O) groups is 4. The van der Waals surface area contributed by atoms with E-state index in [0.717, 1.165) is 5.56 Å². The van der Waals surface area contributed by atoms with E-state index >= 15 is 0 Å². The minimum Gasteiger partial charge on any atom is -0.290 e. The zero-order valence-electron chi connectivity index (χ0n) is 10.4. The lowest BCUT2D eigenvalue weighted by atomic mass is 9.96. The van der Waals surface area contributed by atoms with Crippen LogP contribution in [0.3, 0.4) is 0 Å². The average Bonchev–Trinajstić information content (AvgIpc) is 2.47. The van der Waals surface area contributed by atoms with E-state index in [1.165, 1.54) is 30.4 Å². The SMILES string of the molecule is O=C1C=CC(=O)C=C1.O=C1C=Cc2ccccc2C1=O. The Labute approximate surface area is 115 Å². The molecule has 1 aromatic rings. The zero-order valence-corrected chi connectivity index (χ0v) is 10.4. The van der Waals surface area contributed by atoms with Crippen molar-refractivity contribution in [2.24, 2.45) is 0 Å². The van der Waals surface area contributed by atoms with Crippen molar-refractivity contribution in [2.45, 2.75) is 0 Å². The van der Waals surface area contributed by atoms with Crippen LogP contribution < -0.4 is 0 Å². The van der Waals surface area contributed by atoms with Gasteiger partial charge in [-0.05, 0) is 35.9 Å². The molecular formula is C16H10O4.